The van der Waals surface area contributed by atoms with E-state index < -0.39 is 11.1 Å². The van der Waals surface area contributed by atoms with Gasteiger partial charge in [0.2, 0.25) is 0 Å². The van der Waals surface area contributed by atoms with Crippen LogP contribution in [0.4, 0.5) is 0 Å². The van der Waals surface area contributed by atoms with Crippen molar-refractivity contribution in [2.45, 2.75) is 26.2 Å². The van der Waals surface area contributed by atoms with E-state index in [0.717, 1.165) is 19.3 Å². The van der Waals surface area contributed by atoms with Crippen LogP contribution in [0.2, 0.25) is 0 Å². The topological polar surface area (TPSA) is 26.3 Å². The smallest absolute Gasteiger partial charge is 0.159 e. The molecular formula is C8H16O2S. The van der Waals surface area contributed by atoms with Crippen LogP contribution in [0.5, 0.6) is 0 Å². The SMILES string of the molecule is C=CCS(=O)OCCCCC. The van der Waals surface area contributed by atoms with Crippen molar-refractivity contribution < 1.29 is 8.39 Å². The summed E-state index contributed by atoms with van der Waals surface area (Å²) in [4.78, 5) is 0. The monoisotopic (exact) mass is 176 g/mol. The Bertz CT molecular complexity index is 123. The lowest BCUT2D eigenvalue weighted by Gasteiger charge is -1.99. The van der Waals surface area contributed by atoms with Gasteiger partial charge in [0, 0.05) is 0 Å². The first-order valence-corrected chi connectivity index (χ1v) is 5.18. The maximum Gasteiger partial charge on any atom is 0.159 e. The van der Waals surface area contributed by atoms with Crippen LogP contribution in [0.3, 0.4) is 0 Å². The Morgan fingerprint density at radius 3 is 2.82 bits per heavy atom. The zero-order chi connectivity index (χ0) is 8.53. The second-order valence-corrected chi connectivity index (χ2v) is 3.46. The molecule has 0 aliphatic heterocycles. The van der Waals surface area contributed by atoms with E-state index in [-0.39, 0.29) is 0 Å². The Balaban J connectivity index is 3.10. The van der Waals surface area contributed by atoms with Crippen molar-refractivity contribution in [2.75, 3.05) is 12.4 Å². The highest BCUT2D eigenvalue weighted by atomic mass is 32.2. The molecule has 1 atom stereocenters. The van der Waals surface area contributed by atoms with Crippen molar-refractivity contribution in [3.8, 4) is 0 Å². The number of rotatable bonds is 7. The molecule has 0 saturated carbocycles. The van der Waals surface area contributed by atoms with E-state index in [1.54, 1.807) is 6.08 Å². The second-order valence-electron chi connectivity index (χ2n) is 2.29. The van der Waals surface area contributed by atoms with Crippen LogP contribution in [-0.2, 0) is 15.3 Å². The molecule has 0 aliphatic rings. The average Bonchev–Trinajstić information content (AvgIpc) is 1.99. The van der Waals surface area contributed by atoms with Gasteiger partial charge in [-0.1, -0.05) is 25.8 Å². The maximum atomic E-state index is 10.8. The summed E-state index contributed by atoms with van der Waals surface area (Å²) in [6.07, 6.45) is 4.91. The van der Waals surface area contributed by atoms with Crippen LogP contribution >= 0.6 is 0 Å². The fourth-order valence-electron chi connectivity index (χ4n) is 0.648. The van der Waals surface area contributed by atoms with Gasteiger partial charge in [-0.3, -0.25) is 4.18 Å². The Morgan fingerprint density at radius 1 is 1.55 bits per heavy atom. The van der Waals surface area contributed by atoms with Gasteiger partial charge in [0.05, 0.1) is 12.4 Å². The van der Waals surface area contributed by atoms with Crippen molar-refractivity contribution in [1.29, 1.82) is 0 Å². The molecule has 0 N–H and O–H groups in total. The van der Waals surface area contributed by atoms with Crippen LogP contribution in [0.15, 0.2) is 12.7 Å². The molecule has 0 radical (unpaired) electrons. The van der Waals surface area contributed by atoms with E-state index in [1.165, 1.54) is 0 Å². The number of hydrogen-bond donors (Lipinski definition) is 0. The highest BCUT2D eigenvalue weighted by Crippen LogP contribution is 1.96. The summed E-state index contributed by atoms with van der Waals surface area (Å²) in [7, 11) is 0. The van der Waals surface area contributed by atoms with Gasteiger partial charge in [-0.15, -0.1) is 6.58 Å². The lowest BCUT2D eigenvalue weighted by atomic mass is 10.3. The normalized spacial score (nSPS) is 12.8. The molecule has 0 bridgehead atoms. The summed E-state index contributed by atoms with van der Waals surface area (Å²) in [5, 5.41) is 0. The number of hydrogen-bond acceptors (Lipinski definition) is 2. The molecule has 0 spiro atoms. The quantitative estimate of drug-likeness (QED) is 0.438. The predicted molar refractivity (Wildman–Crippen MR) is 48.7 cm³/mol. The summed E-state index contributed by atoms with van der Waals surface area (Å²) in [6, 6.07) is 0. The Morgan fingerprint density at radius 2 is 2.27 bits per heavy atom. The van der Waals surface area contributed by atoms with Crippen LogP contribution in [0.1, 0.15) is 26.2 Å². The third kappa shape index (κ3) is 7.75. The van der Waals surface area contributed by atoms with E-state index in [1.807, 2.05) is 0 Å². The molecule has 0 aromatic heterocycles. The molecule has 0 heterocycles. The number of unbranched alkanes of at least 4 members (excludes halogenated alkanes) is 2. The molecule has 0 rings (SSSR count). The van der Waals surface area contributed by atoms with E-state index in [9.17, 15) is 4.21 Å². The average molecular weight is 176 g/mol. The molecule has 0 fully saturated rings. The summed E-state index contributed by atoms with van der Waals surface area (Å²) < 4.78 is 15.8. The Hall–Kier alpha value is -0.150. The van der Waals surface area contributed by atoms with E-state index in [4.69, 9.17) is 4.18 Å². The molecule has 0 amide bonds. The van der Waals surface area contributed by atoms with Gasteiger partial charge in [0.25, 0.3) is 0 Å². The minimum atomic E-state index is -1.14. The van der Waals surface area contributed by atoms with Gasteiger partial charge in [-0.05, 0) is 6.42 Å². The third-order valence-corrected chi connectivity index (χ3v) is 2.15. The van der Waals surface area contributed by atoms with Gasteiger partial charge >= 0.3 is 0 Å². The fourth-order valence-corrected chi connectivity index (χ4v) is 1.24. The lowest BCUT2D eigenvalue weighted by molar-refractivity contribution is 0.336. The molecule has 0 saturated heterocycles. The van der Waals surface area contributed by atoms with Gasteiger partial charge in [-0.2, -0.15) is 0 Å². The zero-order valence-electron chi connectivity index (χ0n) is 7.04. The summed E-state index contributed by atoms with van der Waals surface area (Å²) in [5.41, 5.74) is 0. The molecule has 11 heavy (non-hydrogen) atoms. The van der Waals surface area contributed by atoms with Crippen molar-refractivity contribution >= 4 is 11.1 Å². The molecular weight excluding hydrogens is 160 g/mol. The highest BCUT2D eigenvalue weighted by Gasteiger charge is 1.94. The minimum absolute atomic E-state index is 0.437. The van der Waals surface area contributed by atoms with Gasteiger partial charge in [0.15, 0.2) is 11.1 Å². The first-order valence-electron chi connectivity index (χ1n) is 3.93. The van der Waals surface area contributed by atoms with Crippen LogP contribution < -0.4 is 0 Å². The minimum Gasteiger partial charge on any atom is -0.290 e. The molecule has 66 valence electrons. The van der Waals surface area contributed by atoms with E-state index >= 15 is 0 Å². The Labute approximate surface area is 71.3 Å². The third-order valence-electron chi connectivity index (χ3n) is 1.22. The van der Waals surface area contributed by atoms with Gasteiger partial charge < -0.3 is 0 Å². The van der Waals surface area contributed by atoms with Crippen molar-refractivity contribution in [3.63, 3.8) is 0 Å². The van der Waals surface area contributed by atoms with Crippen molar-refractivity contribution in [1.82, 2.24) is 0 Å². The predicted octanol–water partition coefficient (Wildman–Crippen LogP) is 2.04. The first-order chi connectivity index (χ1) is 5.31. The molecule has 0 aromatic rings. The first kappa shape index (κ1) is 10.8. The standard InChI is InChI=1S/C8H16O2S/c1-3-5-6-7-10-11(9)8-4-2/h4H,2-3,5-8H2,1H3. The molecule has 3 heteroatoms. The van der Waals surface area contributed by atoms with Crippen molar-refractivity contribution in [3.05, 3.63) is 12.7 Å². The molecule has 1 unspecified atom stereocenters. The van der Waals surface area contributed by atoms with Crippen LogP contribution in [0, 0.1) is 0 Å². The highest BCUT2D eigenvalue weighted by molar-refractivity contribution is 7.80. The van der Waals surface area contributed by atoms with Gasteiger partial charge in [0.1, 0.15) is 0 Å². The Kier molecular flexibility index (Phi) is 7.84. The van der Waals surface area contributed by atoms with E-state index in [2.05, 4.69) is 13.5 Å². The van der Waals surface area contributed by atoms with Crippen LogP contribution in [-0.4, -0.2) is 16.6 Å². The van der Waals surface area contributed by atoms with Gasteiger partial charge in [-0.25, -0.2) is 4.21 Å². The second kappa shape index (κ2) is 7.95. The summed E-state index contributed by atoms with van der Waals surface area (Å²) in [5.74, 6) is 0.437. The molecule has 0 aromatic carbocycles. The largest absolute Gasteiger partial charge is 0.290 e. The van der Waals surface area contributed by atoms with Crippen LogP contribution in [0.25, 0.3) is 0 Å². The lowest BCUT2D eigenvalue weighted by Crippen LogP contribution is -2.01. The van der Waals surface area contributed by atoms with Crippen molar-refractivity contribution in [2.24, 2.45) is 0 Å². The molecule has 0 aliphatic carbocycles. The molecule has 2 nitrogen and oxygen atoms in total. The van der Waals surface area contributed by atoms with E-state index in [0.29, 0.717) is 12.4 Å². The maximum absolute atomic E-state index is 10.8. The fraction of sp³-hybridized carbons (Fsp3) is 0.750. The zero-order valence-corrected chi connectivity index (χ0v) is 7.86. The summed E-state index contributed by atoms with van der Waals surface area (Å²) >= 11 is -1.14. The summed E-state index contributed by atoms with van der Waals surface area (Å²) in [6.45, 7) is 6.20.